The lowest BCUT2D eigenvalue weighted by Crippen LogP contribution is -2.49. The lowest BCUT2D eigenvalue weighted by atomic mass is 9.83. The lowest BCUT2D eigenvalue weighted by Gasteiger charge is -2.30. The van der Waals surface area contributed by atoms with Crippen LogP contribution in [0.5, 0.6) is 0 Å². The number of nitrogens with zero attached hydrogens (tertiary/aromatic N) is 3. The number of likely N-dealkylation sites (N-methyl/N-ethyl adjacent to an activating group) is 1. The Morgan fingerprint density at radius 3 is 2.50 bits per heavy atom. The smallest absolute Gasteiger partial charge is 0.339 e. The molecule has 1 aliphatic carbocycles. The summed E-state index contributed by atoms with van der Waals surface area (Å²) in [4.78, 5) is 39.7. The summed E-state index contributed by atoms with van der Waals surface area (Å²) in [6.07, 6.45) is 5.65. The van der Waals surface area contributed by atoms with Crippen LogP contribution in [0.2, 0.25) is 0 Å². The van der Waals surface area contributed by atoms with Gasteiger partial charge in [0.05, 0.1) is 13.0 Å². The van der Waals surface area contributed by atoms with Gasteiger partial charge in [-0.25, -0.2) is 9.07 Å². The third-order valence-electron chi connectivity index (χ3n) is 6.92. The van der Waals surface area contributed by atoms with Crippen molar-refractivity contribution in [3.8, 4) is 12.3 Å². The molecule has 2 N–H and O–H groups in total. The highest BCUT2D eigenvalue weighted by Crippen LogP contribution is 2.29. The van der Waals surface area contributed by atoms with Gasteiger partial charge in [0.2, 0.25) is 11.8 Å². The van der Waals surface area contributed by atoms with Gasteiger partial charge in [-0.05, 0) is 56.4 Å². The standard InChI is InChI=1S/C28H33F4N5O3/c1-5-17(2)37-23(13-14-33-37)25(38)35-24(19-9-7-6-8-10-19)26(39)34-22-12-11-20(15-21(22)29)18(3)27(40)36(4)16-28(30,31)32/h1,11-15,17-19,24H,6-10,16H2,2-4H3,(H,34,39)(H,35,38)/i24D. The van der Waals surface area contributed by atoms with Crippen molar-refractivity contribution in [1.82, 2.24) is 20.0 Å². The molecular weight excluding hydrogens is 530 g/mol. The molecule has 2 aromatic rings. The van der Waals surface area contributed by atoms with Crippen molar-refractivity contribution in [2.75, 3.05) is 18.9 Å². The minimum Gasteiger partial charge on any atom is -0.339 e. The van der Waals surface area contributed by atoms with Gasteiger partial charge < -0.3 is 15.5 Å². The number of hydrogen-bond acceptors (Lipinski definition) is 4. The summed E-state index contributed by atoms with van der Waals surface area (Å²) in [6.45, 7) is 1.55. The molecule has 3 rings (SSSR count). The van der Waals surface area contributed by atoms with E-state index in [2.05, 4.69) is 21.7 Å². The first-order chi connectivity index (χ1) is 19.2. The van der Waals surface area contributed by atoms with Crippen LogP contribution in [0.15, 0.2) is 30.5 Å². The fourth-order valence-electron chi connectivity index (χ4n) is 4.71. The van der Waals surface area contributed by atoms with Gasteiger partial charge in [-0.1, -0.05) is 31.2 Å². The lowest BCUT2D eigenvalue weighted by molar-refractivity contribution is -0.159. The number of carbonyl (C=O) groups excluding carboxylic acids is 3. The topological polar surface area (TPSA) is 96.3 Å². The highest BCUT2D eigenvalue weighted by atomic mass is 19.4. The van der Waals surface area contributed by atoms with E-state index >= 15 is 4.39 Å². The van der Waals surface area contributed by atoms with E-state index in [1.54, 1.807) is 6.92 Å². The van der Waals surface area contributed by atoms with Crippen molar-refractivity contribution in [2.24, 2.45) is 5.92 Å². The predicted molar refractivity (Wildman–Crippen MR) is 141 cm³/mol. The van der Waals surface area contributed by atoms with E-state index in [0.717, 1.165) is 32.4 Å². The van der Waals surface area contributed by atoms with Gasteiger partial charge in [0.15, 0.2) is 0 Å². The van der Waals surface area contributed by atoms with E-state index in [0.29, 0.717) is 17.7 Å². The summed E-state index contributed by atoms with van der Waals surface area (Å²) in [6, 6.07) is 2.11. The van der Waals surface area contributed by atoms with E-state index < -0.39 is 60.2 Å². The molecule has 0 aliphatic heterocycles. The first-order valence-electron chi connectivity index (χ1n) is 13.4. The van der Waals surface area contributed by atoms with Crippen LogP contribution in [0.3, 0.4) is 0 Å². The van der Waals surface area contributed by atoms with E-state index in [1.807, 2.05) is 0 Å². The molecule has 1 aromatic heterocycles. The Bertz CT molecular complexity index is 1320. The Balaban J connectivity index is 1.83. The number of terminal acetylenes is 1. The molecule has 1 aliphatic rings. The summed E-state index contributed by atoms with van der Waals surface area (Å²) < 4.78 is 63.6. The van der Waals surface area contributed by atoms with Crippen LogP contribution < -0.4 is 10.6 Å². The Hall–Kier alpha value is -3.88. The third-order valence-corrected chi connectivity index (χ3v) is 6.92. The molecule has 0 saturated heterocycles. The van der Waals surface area contributed by atoms with Crippen molar-refractivity contribution in [3.63, 3.8) is 0 Å². The van der Waals surface area contributed by atoms with Crippen LogP contribution in [0.4, 0.5) is 23.2 Å². The van der Waals surface area contributed by atoms with Gasteiger partial charge in [-0.3, -0.25) is 14.4 Å². The van der Waals surface area contributed by atoms with Gasteiger partial charge in [0, 0.05) is 13.2 Å². The maximum Gasteiger partial charge on any atom is 0.406 e. The highest BCUT2D eigenvalue weighted by molar-refractivity contribution is 6.00. The summed E-state index contributed by atoms with van der Waals surface area (Å²) >= 11 is 0. The Labute approximate surface area is 231 Å². The number of anilines is 1. The molecule has 0 radical (unpaired) electrons. The highest BCUT2D eigenvalue weighted by Gasteiger charge is 2.34. The third kappa shape index (κ3) is 7.61. The molecule has 0 bridgehead atoms. The summed E-state index contributed by atoms with van der Waals surface area (Å²) in [5.74, 6) is -2.71. The zero-order chi connectivity index (χ0) is 30.5. The van der Waals surface area contributed by atoms with Crippen molar-refractivity contribution in [2.45, 2.75) is 70.1 Å². The van der Waals surface area contributed by atoms with Crippen LogP contribution in [0, 0.1) is 24.1 Å². The molecule has 216 valence electrons. The number of halogens is 4. The maximum absolute atomic E-state index is 15.1. The van der Waals surface area contributed by atoms with E-state index in [4.69, 9.17) is 7.79 Å². The van der Waals surface area contributed by atoms with Crippen molar-refractivity contribution in [1.29, 1.82) is 0 Å². The minimum atomic E-state index is -4.58. The zero-order valence-electron chi connectivity index (χ0n) is 23.5. The van der Waals surface area contributed by atoms with Crippen LogP contribution in [0.1, 0.15) is 75.3 Å². The normalized spacial score (nSPS) is 17.5. The molecule has 12 heteroatoms. The molecule has 3 amide bonds. The first kappa shape index (κ1) is 29.1. The molecule has 1 fully saturated rings. The van der Waals surface area contributed by atoms with Gasteiger partial charge in [0.1, 0.15) is 30.1 Å². The van der Waals surface area contributed by atoms with Crippen molar-refractivity contribution in [3.05, 3.63) is 47.5 Å². The van der Waals surface area contributed by atoms with Gasteiger partial charge in [0.25, 0.3) is 5.91 Å². The SMILES string of the molecule is [2H]C(NC(=O)c1ccnn1C(C)C#C)(C(=O)Nc1ccc(C(C)C(=O)N(C)CC(F)(F)F)cc1F)C1CCCCC1. The molecule has 0 spiro atoms. The van der Waals surface area contributed by atoms with E-state index in [-0.39, 0.29) is 16.9 Å². The number of carbonyl (C=O) groups is 3. The van der Waals surface area contributed by atoms with E-state index in [1.165, 1.54) is 36.0 Å². The summed E-state index contributed by atoms with van der Waals surface area (Å²) in [5.41, 5.74) is -0.150. The van der Waals surface area contributed by atoms with Gasteiger partial charge in [-0.15, -0.1) is 6.42 Å². The first-order valence-corrected chi connectivity index (χ1v) is 12.9. The molecule has 1 aromatic carbocycles. The summed E-state index contributed by atoms with van der Waals surface area (Å²) in [5, 5.41) is 8.96. The van der Waals surface area contributed by atoms with Crippen molar-refractivity contribution >= 4 is 23.4 Å². The monoisotopic (exact) mass is 564 g/mol. The largest absolute Gasteiger partial charge is 0.406 e. The van der Waals surface area contributed by atoms with Crippen LogP contribution in [0.25, 0.3) is 0 Å². The number of rotatable bonds is 9. The Kier molecular flexibility index (Phi) is 9.45. The minimum absolute atomic E-state index is 0.0559. The quantitative estimate of drug-likeness (QED) is 0.342. The molecule has 3 unspecified atom stereocenters. The van der Waals surface area contributed by atoms with Crippen molar-refractivity contribution < 1.29 is 33.3 Å². The van der Waals surface area contributed by atoms with Gasteiger partial charge >= 0.3 is 6.18 Å². The number of benzene rings is 1. The molecule has 8 nitrogen and oxygen atoms in total. The summed E-state index contributed by atoms with van der Waals surface area (Å²) in [7, 11) is 1.00. The second-order valence-electron chi connectivity index (χ2n) is 9.93. The Morgan fingerprint density at radius 2 is 1.90 bits per heavy atom. The molecular formula is C28H33F4N5O3. The van der Waals surface area contributed by atoms with Crippen LogP contribution in [-0.4, -0.2) is 58.2 Å². The Morgan fingerprint density at radius 1 is 1.23 bits per heavy atom. The fraction of sp³-hybridized carbons (Fsp3) is 0.500. The molecule has 1 saturated carbocycles. The fourth-order valence-corrected chi connectivity index (χ4v) is 4.71. The average Bonchev–Trinajstić information content (AvgIpc) is 3.42. The van der Waals surface area contributed by atoms with E-state index in [9.17, 15) is 27.6 Å². The van der Waals surface area contributed by atoms with Crippen LogP contribution in [-0.2, 0) is 9.59 Å². The molecule has 3 atom stereocenters. The molecule has 40 heavy (non-hydrogen) atoms. The molecule has 1 heterocycles. The van der Waals surface area contributed by atoms with Gasteiger partial charge in [-0.2, -0.15) is 18.3 Å². The zero-order valence-corrected chi connectivity index (χ0v) is 22.5. The predicted octanol–water partition coefficient (Wildman–Crippen LogP) is 4.66. The second-order valence-corrected chi connectivity index (χ2v) is 9.93. The maximum atomic E-state index is 15.1. The number of hydrogen-bond donors (Lipinski definition) is 2. The number of alkyl halides is 3. The number of amides is 3. The number of nitrogens with one attached hydrogen (secondary N) is 2. The van der Waals surface area contributed by atoms with Crippen LogP contribution >= 0.6 is 0 Å². The second kappa shape index (κ2) is 13.0. The number of aromatic nitrogens is 2. The average molecular weight is 565 g/mol.